The van der Waals surface area contributed by atoms with E-state index in [2.05, 4.69) is 0 Å². The van der Waals surface area contributed by atoms with Crippen molar-refractivity contribution in [3.05, 3.63) is 5.92 Å². The van der Waals surface area contributed by atoms with Gasteiger partial charge >= 0.3 is 0 Å². The minimum atomic E-state index is -0.818. The van der Waals surface area contributed by atoms with E-state index in [0.29, 0.717) is 25.0 Å². The van der Waals surface area contributed by atoms with Gasteiger partial charge in [0, 0.05) is 25.6 Å². The van der Waals surface area contributed by atoms with Gasteiger partial charge in [0.15, 0.2) is 0 Å². The molecule has 1 atom stereocenters. The Hall–Kier alpha value is -0.450. The summed E-state index contributed by atoms with van der Waals surface area (Å²) in [4.78, 5) is 10.0. The maximum atomic E-state index is 10.0. The number of hydrogen-bond donors (Lipinski definition) is 3. The average Bonchev–Trinajstić information content (AvgIpc) is 2.04. The highest BCUT2D eigenvalue weighted by Crippen LogP contribution is 2.17. The number of aldehydes is 1. The Labute approximate surface area is 71.8 Å². The SMILES string of the molecule is O=CCC(O)[C](CCO)CCO. The van der Waals surface area contributed by atoms with Crippen LogP contribution in [0, 0.1) is 5.92 Å². The highest BCUT2D eigenvalue weighted by molar-refractivity contribution is 5.50. The Morgan fingerprint density at radius 2 is 1.75 bits per heavy atom. The fraction of sp³-hybridized carbons (Fsp3) is 0.750. The van der Waals surface area contributed by atoms with Crippen LogP contribution in [0.3, 0.4) is 0 Å². The Bertz CT molecular complexity index is 110. The van der Waals surface area contributed by atoms with E-state index in [4.69, 9.17) is 10.2 Å². The van der Waals surface area contributed by atoms with Crippen molar-refractivity contribution in [2.75, 3.05) is 13.2 Å². The predicted molar refractivity (Wildman–Crippen MR) is 43.3 cm³/mol. The van der Waals surface area contributed by atoms with Gasteiger partial charge in [-0.05, 0) is 12.8 Å². The first-order valence-corrected chi connectivity index (χ1v) is 3.94. The zero-order chi connectivity index (χ0) is 9.40. The van der Waals surface area contributed by atoms with E-state index >= 15 is 0 Å². The summed E-state index contributed by atoms with van der Waals surface area (Å²) >= 11 is 0. The molecular weight excluding hydrogens is 160 g/mol. The van der Waals surface area contributed by atoms with Gasteiger partial charge in [0.2, 0.25) is 0 Å². The van der Waals surface area contributed by atoms with Gasteiger partial charge in [-0.2, -0.15) is 0 Å². The Morgan fingerprint density at radius 3 is 2.08 bits per heavy atom. The molecule has 1 radical (unpaired) electrons. The molecule has 4 heteroatoms. The van der Waals surface area contributed by atoms with Gasteiger partial charge in [-0.1, -0.05) is 0 Å². The Kier molecular flexibility index (Phi) is 6.94. The van der Waals surface area contributed by atoms with Gasteiger partial charge in [0.25, 0.3) is 0 Å². The van der Waals surface area contributed by atoms with Crippen LogP contribution in [0.25, 0.3) is 0 Å². The molecule has 0 aliphatic heterocycles. The number of rotatable bonds is 7. The van der Waals surface area contributed by atoms with Gasteiger partial charge in [-0.25, -0.2) is 0 Å². The molecular formula is C8H15O4. The molecule has 71 valence electrons. The van der Waals surface area contributed by atoms with Crippen LogP contribution in [-0.4, -0.2) is 40.9 Å². The van der Waals surface area contributed by atoms with Crippen LogP contribution in [0.4, 0.5) is 0 Å². The molecule has 0 aromatic heterocycles. The van der Waals surface area contributed by atoms with Gasteiger partial charge < -0.3 is 20.1 Å². The normalized spacial score (nSPS) is 13.3. The van der Waals surface area contributed by atoms with Crippen molar-refractivity contribution in [3.63, 3.8) is 0 Å². The van der Waals surface area contributed by atoms with Gasteiger partial charge in [0.1, 0.15) is 6.29 Å². The molecule has 0 bridgehead atoms. The minimum Gasteiger partial charge on any atom is -0.396 e. The van der Waals surface area contributed by atoms with Crippen LogP contribution in [-0.2, 0) is 4.79 Å². The van der Waals surface area contributed by atoms with E-state index < -0.39 is 6.10 Å². The lowest BCUT2D eigenvalue weighted by Crippen LogP contribution is -2.21. The highest BCUT2D eigenvalue weighted by Gasteiger charge is 2.17. The lowest BCUT2D eigenvalue weighted by molar-refractivity contribution is -0.109. The summed E-state index contributed by atoms with van der Waals surface area (Å²) in [6.45, 7) is -0.128. The van der Waals surface area contributed by atoms with E-state index in [1.807, 2.05) is 0 Å². The van der Waals surface area contributed by atoms with E-state index in [0.717, 1.165) is 0 Å². The van der Waals surface area contributed by atoms with Gasteiger partial charge in [0.05, 0.1) is 6.10 Å². The summed E-state index contributed by atoms with van der Waals surface area (Å²) in [5.74, 6) is 0.632. The smallest absolute Gasteiger partial charge is 0.122 e. The fourth-order valence-electron chi connectivity index (χ4n) is 1.00. The topological polar surface area (TPSA) is 77.8 Å². The fourth-order valence-corrected chi connectivity index (χ4v) is 1.00. The number of aliphatic hydroxyl groups is 3. The lowest BCUT2D eigenvalue weighted by Gasteiger charge is -2.18. The number of hydrogen-bond acceptors (Lipinski definition) is 4. The second-order valence-electron chi connectivity index (χ2n) is 2.52. The molecule has 0 spiro atoms. The molecule has 0 aromatic rings. The number of aliphatic hydroxyl groups excluding tert-OH is 3. The summed E-state index contributed by atoms with van der Waals surface area (Å²) in [6.07, 6.45) is 0.529. The first kappa shape index (κ1) is 11.6. The van der Waals surface area contributed by atoms with Crippen molar-refractivity contribution >= 4 is 6.29 Å². The van der Waals surface area contributed by atoms with E-state index in [1.165, 1.54) is 0 Å². The van der Waals surface area contributed by atoms with Crippen LogP contribution in [0.5, 0.6) is 0 Å². The molecule has 0 aliphatic rings. The molecule has 0 fully saturated rings. The van der Waals surface area contributed by atoms with Crippen LogP contribution in [0.1, 0.15) is 19.3 Å². The van der Waals surface area contributed by atoms with Crippen molar-refractivity contribution in [2.45, 2.75) is 25.4 Å². The molecule has 0 aliphatic carbocycles. The van der Waals surface area contributed by atoms with Crippen LogP contribution in [0.2, 0.25) is 0 Å². The van der Waals surface area contributed by atoms with Gasteiger partial charge in [-0.3, -0.25) is 0 Å². The van der Waals surface area contributed by atoms with Crippen molar-refractivity contribution in [3.8, 4) is 0 Å². The zero-order valence-electron chi connectivity index (χ0n) is 6.94. The summed E-state index contributed by atoms with van der Waals surface area (Å²) in [6, 6.07) is 0. The molecule has 12 heavy (non-hydrogen) atoms. The third-order valence-corrected chi connectivity index (χ3v) is 1.66. The number of carbonyl (C=O) groups excluding carboxylic acids is 1. The largest absolute Gasteiger partial charge is 0.396 e. The van der Waals surface area contributed by atoms with Crippen molar-refractivity contribution < 1.29 is 20.1 Å². The predicted octanol–water partition coefficient (Wildman–Crippen LogP) is -0.724. The highest BCUT2D eigenvalue weighted by atomic mass is 16.3. The molecule has 0 aromatic carbocycles. The van der Waals surface area contributed by atoms with Gasteiger partial charge in [-0.15, -0.1) is 0 Å². The molecule has 4 nitrogen and oxygen atoms in total. The van der Waals surface area contributed by atoms with E-state index in [1.54, 1.807) is 0 Å². The maximum Gasteiger partial charge on any atom is 0.122 e. The molecule has 0 amide bonds. The summed E-state index contributed by atoms with van der Waals surface area (Å²) in [5.41, 5.74) is 0. The van der Waals surface area contributed by atoms with Crippen molar-refractivity contribution in [1.29, 1.82) is 0 Å². The third kappa shape index (κ3) is 4.43. The number of carbonyl (C=O) groups is 1. The van der Waals surface area contributed by atoms with Crippen LogP contribution in [0.15, 0.2) is 0 Å². The first-order valence-electron chi connectivity index (χ1n) is 3.94. The standard InChI is InChI=1S/C8H15O4/c9-4-1-7(2-5-10)8(12)3-6-11/h6,8-10,12H,1-5H2. The second kappa shape index (κ2) is 7.21. The van der Waals surface area contributed by atoms with Crippen LogP contribution >= 0.6 is 0 Å². The minimum absolute atomic E-state index is 0.0370. The first-order chi connectivity index (χ1) is 5.76. The molecule has 0 heterocycles. The third-order valence-electron chi connectivity index (χ3n) is 1.66. The summed E-state index contributed by atoms with van der Waals surface area (Å²) in [5, 5.41) is 26.4. The molecule has 0 rings (SSSR count). The zero-order valence-corrected chi connectivity index (χ0v) is 6.94. The second-order valence-corrected chi connectivity index (χ2v) is 2.52. The average molecular weight is 175 g/mol. The lowest BCUT2D eigenvalue weighted by atomic mass is 9.94. The summed E-state index contributed by atoms with van der Waals surface area (Å²) < 4.78 is 0. The quantitative estimate of drug-likeness (QED) is 0.446. The van der Waals surface area contributed by atoms with Crippen LogP contribution < -0.4 is 0 Å². The van der Waals surface area contributed by atoms with Crippen molar-refractivity contribution in [2.24, 2.45) is 0 Å². The summed E-state index contributed by atoms with van der Waals surface area (Å²) in [7, 11) is 0. The van der Waals surface area contributed by atoms with E-state index in [-0.39, 0.29) is 19.6 Å². The Balaban J connectivity index is 3.80. The molecule has 0 saturated carbocycles. The monoisotopic (exact) mass is 175 g/mol. The molecule has 1 unspecified atom stereocenters. The molecule has 3 N–H and O–H groups in total. The van der Waals surface area contributed by atoms with Crippen molar-refractivity contribution in [1.82, 2.24) is 0 Å². The Morgan fingerprint density at radius 1 is 1.25 bits per heavy atom. The maximum absolute atomic E-state index is 10.0. The molecule has 0 saturated heterocycles. The van der Waals surface area contributed by atoms with E-state index in [9.17, 15) is 9.90 Å².